The molecule has 0 spiro atoms. The normalized spacial score (nSPS) is 30.8. The van der Waals surface area contributed by atoms with Crippen LogP contribution in [0.1, 0.15) is 25.0 Å². The third kappa shape index (κ3) is 3.52. The van der Waals surface area contributed by atoms with Gasteiger partial charge in [0.05, 0.1) is 17.5 Å². The van der Waals surface area contributed by atoms with E-state index in [9.17, 15) is 9.50 Å². The number of aliphatic hydroxyl groups is 1. The lowest BCUT2D eigenvalue weighted by Crippen LogP contribution is -2.54. The standard InChI is InChI=1S/C16H24FN3O/c1-13-3-4-15(9-18-13)20-7-2-6-16(21,12-20)11-19-8-5-14(17)10-19/h3-4,9,14,21H,2,5-8,10-12H2,1H3/t14-,16+/m0/s1. The summed E-state index contributed by atoms with van der Waals surface area (Å²) in [5, 5.41) is 10.9. The maximum Gasteiger partial charge on any atom is 0.114 e. The molecule has 0 aliphatic carbocycles. The first kappa shape index (κ1) is 14.7. The molecule has 3 heterocycles. The highest BCUT2D eigenvalue weighted by atomic mass is 19.1. The van der Waals surface area contributed by atoms with E-state index in [4.69, 9.17) is 0 Å². The van der Waals surface area contributed by atoms with Gasteiger partial charge in [0.25, 0.3) is 0 Å². The zero-order valence-electron chi connectivity index (χ0n) is 12.6. The van der Waals surface area contributed by atoms with Crippen LogP contribution in [0.15, 0.2) is 18.3 Å². The van der Waals surface area contributed by atoms with Gasteiger partial charge < -0.3 is 10.0 Å². The Morgan fingerprint density at radius 2 is 2.29 bits per heavy atom. The van der Waals surface area contributed by atoms with Crippen molar-refractivity contribution in [2.24, 2.45) is 0 Å². The zero-order chi connectivity index (χ0) is 14.9. The van der Waals surface area contributed by atoms with Crippen molar-refractivity contribution in [1.82, 2.24) is 9.88 Å². The fourth-order valence-electron chi connectivity index (χ4n) is 3.45. The lowest BCUT2D eigenvalue weighted by Gasteiger charge is -2.42. The SMILES string of the molecule is Cc1ccc(N2CCC[C@@](O)(CN3CC[C@H](F)C3)C2)cn1. The van der Waals surface area contributed by atoms with Gasteiger partial charge in [0.2, 0.25) is 0 Å². The summed E-state index contributed by atoms with van der Waals surface area (Å²) < 4.78 is 13.3. The monoisotopic (exact) mass is 293 g/mol. The summed E-state index contributed by atoms with van der Waals surface area (Å²) in [5.74, 6) is 0. The molecule has 0 unspecified atom stereocenters. The predicted octanol–water partition coefficient (Wildman–Crippen LogP) is 1.77. The second-order valence-corrected chi connectivity index (χ2v) is 6.53. The van der Waals surface area contributed by atoms with Gasteiger partial charge >= 0.3 is 0 Å². The lowest BCUT2D eigenvalue weighted by molar-refractivity contribution is -0.00332. The van der Waals surface area contributed by atoms with Crippen LogP contribution < -0.4 is 4.90 Å². The topological polar surface area (TPSA) is 39.6 Å². The molecule has 4 nitrogen and oxygen atoms in total. The number of rotatable bonds is 3. The highest BCUT2D eigenvalue weighted by Crippen LogP contribution is 2.27. The first-order valence-electron chi connectivity index (χ1n) is 7.80. The molecule has 0 amide bonds. The molecule has 2 saturated heterocycles. The van der Waals surface area contributed by atoms with Crippen molar-refractivity contribution in [1.29, 1.82) is 0 Å². The van der Waals surface area contributed by atoms with E-state index >= 15 is 0 Å². The van der Waals surface area contributed by atoms with E-state index in [0.717, 1.165) is 37.3 Å². The molecule has 0 radical (unpaired) electrons. The molecule has 21 heavy (non-hydrogen) atoms. The number of likely N-dealkylation sites (tertiary alicyclic amines) is 1. The molecule has 1 aromatic heterocycles. The Labute approximate surface area is 125 Å². The van der Waals surface area contributed by atoms with Crippen LogP contribution in [0.5, 0.6) is 0 Å². The molecule has 0 bridgehead atoms. The van der Waals surface area contributed by atoms with Gasteiger partial charge in [-0.3, -0.25) is 9.88 Å². The molecule has 116 valence electrons. The van der Waals surface area contributed by atoms with Crippen molar-refractivity contribution in [2.75, 3.05) is 37.6 Å². The van der Waals surface area contributed by atoms with Gasteiger partial charge in [-0.2, -0.15) is 0 Å². The van der Waals surface area contributed by atoms with Crippen LogP contribution >= 0.6 is 0 Å². The number of nitrogens with zero attached hydrogens (tertiary/aromatic N) is 3. The minimum atomic E-state index is -0.743. The molecule has 5 heteroatoms. The summed E-state index contributed by atoms with van der Waals surface area (Å²) in [4.78, 5) is 8.58. The number of halogens is 1. The van der Waals surface area contributed by atoms with Gasteiger partial charge in [-0.1, -0.05) is 0 Å². The van der Waals surface area contributed by atoms with E-state index in [-0.39, 0.29) is 0 Å². The van der Waals surface area contributed by atoms with Crippen molar-refractivity contribution in [2.45, 2.75) is 38.0 Å². The zero-order valence-corrected chi connectivity index (χ0v) is 12.6. The molecular weight excluding hydrogens is 269 g/mol. The summed E-state index contributed by atoms with van der Waals surface area (Å²) in [7, 11) is 0. The van der Waals surface area contributed by atoms with Gasteiger partial charge in [0.15, 0.2) is 0 Å². The molecule has 2 aliphatic heterocycles. The quantitative estimate of drug-likeness (QED) is 0.922. The van der Waals surface area contributed by atoms with Crippen LogP contribution in [0.4, 0.5) is 10.1 Å². The predicted molar refractivity (Wildman–Crippen MR) is 81.3 cm³/mol. The Balaban J connectivity index is 1.65. The third-order valence-electron chi connectivity index (χ3n) is 4.55. The summed E-state index contributed by atoms with van der Waals surface area (Å²) in [6, 6.07) is 4.05. The van der Waals surface area contributed by atoms with Crippen LogP contribution in [-0.4, -0.2) is 59.5 Å². The lowest BCUT2D eigenvalue weighted by atomic mass is 9.92. The molecule has 0 saturated carbocycles. The number of piperidine rings is 1. The van der Waals surface area contributed by atoms with Crippen molar-refractivity contribution >= 4 is 5.69 Å². The summed E-state index contributed by atoms with van der Waals surface area (Å²) in [5.41, 5.74) is 1.31. The van der Waals surface area contributed by atoms with Crippen molar-refractivity contribution < 1.29 is 9.50 Å². The average molecular weight is 293 g/mol. The first-order chi connectivity index (χ1) is 10.0. The maximum absolute atomic E-state index is 13.3. The van der Waals surface area contributed by atoms with Crippen molar-refractivity contribution in [3.8, 4) is 0 Å². The molecule has 2 atom stereocenters. The third-order valence-corrected chi connectivity index (χ3v) is 4.55. The van der Waals surface area contributed by atoms with Gasteiger partial charge in [0, 0.05) is 38.4 Å². The van der Waals surface area contributed by atoms with E-state index in [2.05, 4.69) is 20.9 Å². The summed E-state index contributed by atoms with van der Waals surface area (Å²) in [6.45, 7) is 5.31. The Bertz CT molecular complexity index is 481. The molecular formula is C16H24FN3O. The van der Waals surface area contributed by atoms with Crippen LogP contribution in [0.25, 0.3) is 0 Å². The van der Waals surface area contributed by atoms with Gasteiger partial charge in [-0.25, -0.2) is 4.39 Å². The number of alkyl halides is 1. The van der Waals surface area contributed by atoms with Crippen LogP contribution in [-0.2, 0) is 0 Å². The second kappa shape index (κ2) is 5.89. The number of pyridine rings is 1. The molecule has 1 aromatic rings. The van der Waals surface area contributed by atoms with Crippen molar-refractivity contribution in [3.05, 3.63) is 24.0 Å². The molecule has 3 rings (SSSR count). The minimum Gasteiger partial charge on any atom is -0.387 e. The molecule has 2 fully saturated rings. The fourth-order valence-corrected chi connectivity index (χ4v) is 3.45. The summed E-state index contributed by atoms with van der Waals surface area (Å²) in [6.07, 6.45) is 3.48. The minimum absolute atomic E-state index is 0.467. The largest absolute Gasteiger partial charge is 0.387 e. The molecule has 2 aliphatic rings. The van der Waals surface area contributed by atoms with Crippen LogP contribution in [0.3, 0.4) is 0 Å². The van der Waals surface area contributed by atoms with Gasteiger partial charge in [0.1, 0.15) is 6.17 Å². The Hall–Kier alpha value is -1.20. The van der Waals surface area contributed by atoms with Gasteiger partial charge in [-0.15, -0.1) is 0 Å². The smallest absolute Gasteiger partial charge is 0.114 e. The van der Waals surface area contributed by atoms with Crippen molar-refractivity contribution in [3.63, 3.8) is 0 Å². The molecule has 0 aromatic carbocycles. The maximum atomic E-state index is 13.3. The fraction of sp³-hybridized carbons (Fsp3) is 0.688. The highest BCUT2D eigenvalue weighted by molar-refractivity contribution is 5.45. The Morgan fingerprint density at radius 1 is 1.43 bits per heavy atom. The molecule has 1 N–H and O–H groups in total. The Morgan fingerprint density at radius 3 is 2.95 bits per heavy atom. The van der Waals surface area contributed by atoms with Gasteiger partial charge in [-0.05, 0) is 38.3 Å². The number of aromatic nitrogens is 1. The Kier molecular flexibility index (Phi) is 4.13. The number of hydrogen-bond donors (Lipinski definition) is 1. The average Bonchev–Trinajstić information content (AvgIpc) is 2.84. The summed E-state index contributed by atoms with van der Waals surface area (Å²) >= 11 is 0. The number of anilines is 1. The first-order valence-corrected chi connectivity index (χ1v) is 7.80. The van der Waals surface area contributed by atoms with Crippen LogP contribution in [0.2, 0.25) is 0 Å². The number of β-amino-alcohol motifs (C(OH)–C–C–N with tert-alkyl or cyclic N) is 1. The van der Waals surface area contributed by atoms with E-state index in [1.54, 1.807) is 0 Å². The highest BCUT2D eigenvalue weighted by Gasteiger charge is 2.37. The van der Waals surface area contributed by atoms with E-state index in [1.165, 1.54) is 0 Å². The van der Waals surface area contributed by atoms with E-state index in [0.29, 0.717) is 26.1 Å². The number of hydrogen-bond acceptors (Lipinski definition) is 4. The van der Waals surface area contributed by atoms with E-state index < -0.39 is 11.8 Å². The number of aryl methyl sites for hydroxylation is 1. The second-order valence-electron chi connectivity index (χ2n) is 6.53. The van der Waals surface area contributed by atoms with E-state index in [1.807, 2.05) is 19.2 Å². The van der Waals surface area contributed by atoms with Crippen LogP contribution in [0, 0.1) is 6.92 Å².